The van der Waals surface area contributed by atoms with Gasteiger partial charge in [-0.2, -0.15) is 5.10 Å². The maximum absolute atomic E-state index is 5.94. The molecule has 0 fully saturated rings. The molecule has 1 aromatic carbocycles. The van der Waals surface area contributed by atoms with Gasteiger partial charge in [-0.25, -0.2) is 0 Å². The van der Waals surface area contributed by atoms with Gasteiger partial charge in [0.05, 0.1) is 19.0 Å². The Balaban J connectivity index is 1.92. The quantitative estimate of drug-likeness (QED) is 0.850. The van der Waals surface area contributed by atoms with Gasteiger partial charge in [0, 0.05) is 12.6 Å². The van der Waals surface area contributed by atoms with Crippen LogP contribution < -0.4 is 15.8 Å². The Hall–Kier alpha value is -2.17. The van der Waals surface area contributed by atoms with Gasteiger partial charge in [-0.1, -0.05) is 12.1 Å². The molecule has 20 heavy (non-hydrogen) atoms. The predicted molar refractivity (Wildman–Crippen MR) is 82.2 cm³/mol. The van der Waals surface area contributed by atoms with E-state index in [0.717, 1.165) is 24.5 Å². The summed E-state index contributed by atoms with van der Waals surface area (Å²) >= 11 is 0. The van der Waals surface area contributed by atoms with Gasteiger partial charge in [-0.3, -0.25) is 4.68 Å². The average molecular weight is 274 g/mol. The molecule has 1 aromatic heterocycles. The molecule has 0 spiro atoms. The molecule has 0 saturated heterocycles. The van der Waals surface area contributed by atoms with Crippen LogP contribution in [-0.2, 0) is 6.42 Å². The Bertz CT molecular complexity index is 563. The molecule has 0 radical (unpaired) electrons. The summed E-state index contributed by atoms with van der Waals surface area (Å²) in [6.45, 7) is 4.94. The monoisotopic (exact) mass is 274 g/mol. The SMILES string of the molecule is COc1cccc(CCNc2nn(C(C)C)cc2N)c1. The zero-order valence-corrected chi connectivity index (χ0v) is 12.3. The molecular formula is C15H22N4O. The van der Waals surface area contributed by atoms with E-state index in [4.69, 9.17) is 10.5 Å². The van der Waals surface area contributed by atoms with Gasteiger partial charge < -0.3 is 15.8 Å². The number of nitrogens with two attached hydrogens (primary N) is 1. The minimum absolute atomic E-state index is 0.311. The molecule has 3 N–H and O–H groups in total. The van der Waals surface area contributed by atoms with Gasteiger partial charge in [0.25, 0.3) is 0 Å². The summed E-state index contributed by atoms with van der Waals surface area (Å²) in [6.07, 6.45) is 2.75. The number of rotatable bonds is 6. The third kappa shape index (κ3) is 3.44. The molecule has 0 unspecified atom stereocenters. The smallest absolute Gasteiger partial charge is 0.171 e. The summed E-state index contributed by atoms with van der Waals surface area (Å²) in [5.41, 5.74) is 7.84. The second-order valence-corrected chi connectivity index (χ2v) is 5.04. The summed E-state index contributed by atoms with van der Waals surface area (Å²) < 4.78 is 7.08. The van der Waals surface area contributed by atoms with Crippen LogP contribution in [0.15, 0.2) is 30.5 Å². The van der Waals surface area contributed by atoms with Crippen molar-refractivity contribution >= 4 is 11.5 Å². The highest BCUT2D eigenvalue weighted by Crippen LogP contribution is 2.18. The van der Waals surface area contributed by atoms with Crippen molar-refractivity contribution in [3.8, 4) is 5.75 Å². The molecule has 0 aliphatic rings. The number of nitrogens with one attached hydrogen (secondary N) is 1. The summed E-state index contributed by atoms with van der Waals surface area (Å²) in [5, 5.41) is 7.71. The van der Waals surface area contributed by atoms with E-state index in [1.807, 2.05) is 29.1 Å². The van der Waals surface area contributed by atoms with Crippen molar-refractivity contribution in [1.82, 2.24) is 9.78 Å². The molecule has 108 valence electrons. The molecule has 0 aliphatic carbocycles. The van der Waals surface area contributed by atoms with Crippen molar-refractivity contribution in [3.63, 3.8) is 0 Å². The maximum Gasteiger partial charge on any atom is 0.171 e. The Morgan fingerprint density at radius 2 is 2.20 bits per heavy atom. The van der Waals surface area contributed by atoms with Gasteiger partial charge in [0.2, 0.25) is 0 Å². The Morgan fingerprint density at radius 3 is 2.85 bits per heavy atom. The van der Waals surface area contributed by atoms with Gasteiger partial charge in [-0.15, -0.1) is 0 Å². The topological polar surface area (TPSA) is 65.1 Å². The number of hydrogen-bond donors (Lipinski definition) is 2. The van der Waals surface area contributed by atoms with Crippen LogP contribution in [-0.4, -0.2) is 23.4 Å². The van der Waals surface area contributed by atoms with Crippen molar-refractivity contribution in [2.45, 2.75) is 26.3 Å². The van der Waals surface area contributed by atoms with Crippen LogP contribution in [0.5, 0.6) is 5.75 Å². The second-order valence-electron chi connectivity index (χ2n) is 5.04. The van der Waals surface area contributed by atoms with Crippen LogP contribution in [0.2, 0.25) is 0 Å². The number of ether oxygens (including phenoxy) is 1. The molecular weight excluding hydrogens is 252 g/mol. The van der Waals surface area contributed by atoms with E-state index in [1.54, 1.807) is 7.11 Å². The lowest BCUT2D eigenvalue weighted by Crippen LogP contribution is -2.08. The first-order valence-corrected chi connectivity index (χ1v) is 6.81. The molecule has 5 nitrogen and oxygen atoms in total. The lowest BCUT2D eigenvalue weighted by Gasteiger charge is -2.06. The molecule has 0 aliphatic heterocycles. The van der Waals surface area contributed by atoms with Gasteiger partial charge in [-0.05, 0) is 38.0 Å². The molecule has 2 rings (SSSR count). The Kier molecular flexibility index (Phi) is 4.50. The number of nitrogen functional groups attached to an aromatic ring is 1. The Morgan fingerprint density at radius 1 is 1.40 bits per heavy atom. The third-order valence-electron chi connectivity index (χ3n) is 3.13. The fourth-order valence-corrected chi connectivity index (χ4v) is 1.96. The highest BCUT2D eigenvalue weighted by molar-refractivity contribution is 5.59. The Labute approximate surface area is 119 Å². The van der Waals surface area contributed by atoms with E-state index < -0.39 is 0 Å². The standard InChI is InChI=1S/C15H22N4O/c1-11(2)19-10-14(16)15(18-19)17-8-7-12-5-4-6-13(9-12)20-3/h4-6,9-11H,7-8,16H2,1-3H3,(H,17,18). The van der Waals surface area contributed by atoms with E-state index in [9.17, 15) is 0 Å². The van der Waals surface area contributed by atoms with E-state index in [1.165, 1.54) is 5.56 Å². The second kappa shape index (κ2) is 6.32. The number of anilines is 2. The highest BCUT2D eigenvalue weighted by atomic mass is 16.5. The summed E-state index contributed by atoms with van der Waals surface area (Å²) in [4.78, 5) is 0. The third-order valence-corrected chi connectivity index (χ3v) is 3.13. The summed E-state index contributed by atoms with van der Waals surface area (Å²) in [6, 6.07) is 8.37. The van der Waals surface area contributed by atoms with Crippen LogP contribution in [0.25, 0.3) is 0 Å². The lowest BCUT2D eigenvalue weighted by molar-refractivity contribution is 0.414. The fraction of sp³-hybridized carbons (Fsp3) is 0.400. The number of aromatic nitrogens is 2. The highest BCUT2D eigenvalue weighted by Gasteiger charge is 2.07. The summed E-state index contributed by atoms with van der Waals surface area (Å²) in [5.74, 6) is 1.63. The molecule has 0 bridgehead atoms. The maximum atomic E-state index is 5.94. The molecule has 1 heterocycles. The number of nitrogens with zero attached hydrogens (tertiary/aromatic N) is 2. The van der Waals surface area contributed by atoms with Crippen molar-refractivity contribution in [2.24, 2.45) is 0 Å². The molecule has 0 amide bonds. The van der Waals surface area contributed by atoms with Crippen molar-refractivity contribution in [1.29, 1.82) is 0 Å². The zero-order chi connectivity index (χ0) is 14.5. The first-order valence-electron chi connectivity index (χ1n) is 6.81. The number of methoxy groups -OCH3 is 1. The zero-order valence-electron chi connectivity index (χ0n) is 12.3. The van der Waals surface area contributed by atoms with Gasteiger partial charge >= 0.3 is 0 Å². The van der Waals surface area contributed by atoms with Crippen molar-refractivity contribution in [3.05, 3.63) is 36.0 Å². The van der Waals surface area contributed by atoms with Crippen LogP contribution in [0.3, 0.4) is 0 Å². The van der Waals surface area contributed by atoms with E-state index in [0.29, 0.717) is 11.7 Å². The summed E-state index contributed by atoms with van der Waals surface area (Å²) in [7, 11) is 1.68. The van der Waals surface area contributed by atoms with Gasteiger partial charge in [0.15, 0.2) is 5.82 Å². The number of hydrogen-bond acceptors (Lipinski definition) is 4. The van der Waals surface area contributed by atoms with E-state index in [-0.39, 0.29) is 0 Å². The number of benzene rings is 1. The van der Waals surface area contributed by atoms with Crippen LogP contribution in [0.1, 0.15) is 25.5 Å². The normalized spacial score (nSPS) is 10.8. The first-order chi connectivity index (χ1) is 9.60. The molecule has 2 aromatic rings. The van der Waals surface area contributed by atoms with Gasteiger partial charge in [0.1, 0.15) is 5.75 Å². The van der Waals surface area contributed by atoms with Crippen LogP contribution >= 0.6 is 0 Å². The minimum atomic E-state index is 0.311. The average Bonchev–Trinajstić information content (AvgIpc) is 2.81. The van der Waals surface area contributed by atoms with E-state index in [2.05, 4.69) is 30.3 Å². The van der Waals surface area contributed by atoms with Crippen molar-refractivity contribution < 1.29 is 4.74 Å². The van der Waals surface area contributed by atoms with Crippen molar-refractivity contribution in [2.75, 3.05) is 24.7 Å². The van der Waals surface area contributed by atoms with Crippen LogP contribution in [0, 0.1) is 0 Å². The molecule has 0 atom stereocenters. The first kappa shape index (κ1) is 14.2. The largest absolute Gasteiger partial charge is 0.497 e. The molecule has 0 saturated carbocycles. The predicted octanol–water partition coefficient (Wildman–Crippen LogP) is 2.71. The van der Waals surface area contributed by atoms with Crippen LogP contribution in [0.4, 0.5) is 11.5 Å². The van der Waals surface area contributed by atoms with E-state index >= 15 is 0 Å². The molecule has 5 heteroatoms. The minimum Gasteiger partial charge on any atom is -0.497 e. The lowest BCUT2D eigenvalue weighted by atomic mass is 10.1. The fourth-order valence-electron chi connectivity index (χ4n) is 1.96.